The number of aromatic nitrogens is 2. The summed E-state index contributed by atoms with van der Waals surface area (Å²) in [6.45, 7) is 2.42. The number of carbonyl (C=O) groups excluding carboxylic acids is 3. The van der Waals surface area contributed by atoms with E-state index in [2.05, 4.69) is 37.1 Å². The number of halogens is 1. The van der Waals surface area contributed by atoms with Crippen molar-refractivity contribution in [3.8, 4) is 22.7 Å². The Bertz CT molecular complexity index is 1800. The molecule has 11 heteroatoms. The summed E-state index contributed by atoms with van der Waals surface area (Å²) in [7, 11) is 0. The summed E-state index contributed by atoms with van der Waals surface area (Å²) in [6.07, 6.45) is 3.20. The third-order valence-electron chi connectivity index (χ3n) is 6.30. The van der Waals surface area contributed by atoms with Gasteiger partial charge in [-0.2, -0.15) is 10.2 Å². The Morgan fingerprint density at radius 1 is 0.864 bits per heavy atom. The van der Waals surface area contributed by atoms with Crippen molar-refractivity contribution in [2.24, 2.45) is 5.10 Å². The fraction of sp³-hybridized carbons (Fsp3) is 0.0606. The molecule has 5 aromatic rings. The lowest BCUT2D eigenvalue weighted by Crippen LogP contribution is -2.33. The van der Waals surface area contributed by atoms with Crippen LogP contribution in [0.15, 0.2) is 119 Å². The molecule has 0 aliphatic carbocycles. The first-order valence-electron chi connectivity index (χ1n) is 13.6. The Kier molecular flexibility index (Phi) is 9.57. The zero-order valence-corrected chi connectivity index (χ0v) is 25.1. The molecule has 10 nitrogen and oxygen atoms in total. The van der Waals surface area contributed by atoms with Crippen LogP contribution in [0.25, 0.3) is 16.9 Å². The van der Waals surface area contributed by atoms with Gasteiger partial charge in [0.25, 0.3) is 5.91 Å². The highest BCUT2D eigenvalue weighted by molar-refractivity contribution is 9.10. The second-order valence-corrected chi connectivity index (χ2v) is 10.2. The number of ether oxygens (including phenoxy) is 1. The monoisotopic (exact) mass is 650 g/mol. The van der Waals surface area contributed by atoms with Gasteiger partial charge in [-0.15, -0.1) is 0 Å². The number of nitrogens with zero attached hydrogens (tertiary/aromatic N) is 3. The summed E-state index contributed by atoms with van der Waals surface area (Å²) in [4.78, 5) is 38.3. The highest BCUT2D eigenvalue weighted by Crippen LogP contribution is 2.25. The van der Waals surface area contributed by atoms with Crippen LogP contribution < -0.4 is 20.8 Å². The minimum atomic E-state index is -1.01. The zero-order valence-electron chi connectivity index (χ0n) is 23.5. The molecule has 4 aromatic carbocycles. The van der Waals surface area contributed by atoms with Crippen LogP contribution in [0.3, 0.4) is 0 Å². The largest absolute Gasteiger partial charge is 0.494 e. The molecule has 0 radical (unpaired) electrons. The number of hydrogen-bond donors (Lipinski definition) is 3. The number of hydrogen-bond acceptors (Lipinski definition) is 6. The van der Waals surface area contributed by atoms with Crippen LogP contribution in [-0.4, -0.2) is 40.3 Å². The smallest absolute Gasteiger partial charge is 0.329 e. The normalized spacial score (nSPS) is 10.8. The molecule has 3 amide bonds. The van der Waals surface area contributed by atoms with Gasteiger partial charge in [-0.25, -0.2) is 10.1 Å². The molecule has 1 heterocycles. The van der Waals surface area contributed by atoms with Crippen molar-refractivity contribution in [3.63, 3.8) is 0 Å². The maximum Gasteiger partial charge on any atom is 0.329 e. The van der Waals surface area contributed by atoms with Crippen molar-refractivity contribution >= 4 is 51.2 Å². The van der Waals surface area contributed by atoms with E-state index in [4.69, 9.17) is 9.84 Å². The molecule has 0 fully saturated rings. The molecule has 0 aliphatic heterocycles. The predicted octanol–water partition coefficient (Wildman–Crippen LogP) is 6.04. The number of amides is 3. The number of nitrogens with one attached hydrogen (secondary N) is 3. The van der Waals surface area contributed by atoms with Gasteiger partial charge >= 0.3 is 11.8 Å². The number of anilines is 2. The summed E-state index contributed by atoms with van der Waals surface area (Å²) >= 11 is 3.44. The van der Waals surface area contributed by atoms with E-state index in [1.807, 2.05) is 61.5 Å². The third kappa shape index (κ3) is 7.44. The van der Waals surface area contributed by atoms with E-state index in [-0.39, 0.29) is 11.3 Å². The van der Waals surface area contributed by atoms with Crippen molar-refractivity contribution in [1.82, 2.24) is 15.2 Å². The highest BCUT2D eigenvalue weighted by atomic mass is 79.9. The van der Waals surface area contributed by atoms with E-state index in [1.165, 1.54) is 12.3 Å². The van der Waals surface area contributed by atoms with Crippen LogP contribution in [0, 0.1) is 0 Å². The average Bonchev–Trinajstić information content (AvgIpc) is 3.47. The molecular weight excluding hydrogens is 624 g/mol. The first-order chi connectivity index (χ1) is 21.4. The van der Waals surface area contributed by atoms with Crippen LogP contribution in [0.5, 0.6) is 5.75 Å². The fourth-order valence-electron chi connectivity index (χ4n) is 4.21. The van der Waals surface area contributed by atoms with Gasteiger partial charge in [0.15, 0.2) is 0 Å². The topological polar surface area (TPSA) is 127 Å². The standard InChI is InChI=1S/C33H27BrN6O4/c1-2-44-27-18-16-25(17-19-27)36-31(41)28-10-6-7-11-29(28)37-32(42)33(43)38-35-20-23-21-40(26-8-4-3-5-9-26)39-30(23)22-12-14-24(34)15-13-22/h3-21H,2H2,1H3,(H,36,41)(H,37,42)(H,38,43)/b35-20-. The van der Waals surface area contributed by atoms with E-state index in [9.17, 15) is 14.4 Å². The lowest BCUT2D eigenvalue weighted by Gasteiger charge is -2.11. The lowest BCUT2D eigenvalue weighted by atomic mass is 10.1. The van der Waals surface area contributed by atoms with Crippen LogP contribution in [0.4, 0.5) is 11.4 Å². The molecule has 5 rings (SSSR count). The molecule has 0 saturated heterocycles. The Labute approximate surface area is 261 Å². The summed E-state index contributed by atoms with van der Waals surface area (Å²) in [5.74, 6) is -1.78. The molecule has 0 unspecified atom stereocenters. The summed E-state index contributed by atoms with van der Waals surface area (Å²) in [5.41, 5.74) is 6.09. The molecule has 0 atom stereocenters. The second-order valence-electron chi connectivity index (χ2n) is 9.33. The Balaban J connectivity index is 1.27. The van der Waals surface area contributed by atoms with Crippen LogP contribution in [0.2, 0.25) is 0 Å². The minimum Gasteiger partial charge on any atom is -0.494 e. The van der Waals surface area contributed by atoms with E-state index < -0.39 is 17.7 Å². The van der Waals surface area contributed by atoms with Gasteiger partial charge in [0.05, 0.1) is 29.8 Å². The van der Waals surface area contributed by atoms with E-state index in [1.54, 1.807) is 53.3 Å². The lowest BCUT2D eigenvalue weighted by molar-refractivity contribution is -0.136. The Hall–Kier alpha value is -5.55. The number of benzene rings is 4. The highest BCUT2D eigenvalue weighted by Gasteiger charge is 2.18. The maximum atomic E-state index is 13.0. The third-order valence-corrected chi connectivity index (χ3v) is 6.83. The number of rotatable bonds is 9. The van der Waals surface area contributed by atoms with Gasteiger partial charge in [-0.1, -0.05) is 58.4 Å². The first-order valence-corrected chi connectivity index (χ1v) is 14.4. The summed E-state index contributed by atoms with van der Waals surface area (Å²) in [6, 6.07) is 30.5. The number of hydrazone groups is 1. The average molecular weight is 652 g/mol. The molecule has 0 aliphatic rings. The fourth-order valence-corrected chi connectivity index (χ4v) is 4.47. The second kappa shape index (κ2) is 14.1. The van der Waals surface area contributed by atoms with Crippen molar-refractivity contribution in [2.45, 2.75) is 6.92 Å². The van der Waals surface area contributed by atoms with Crippen molar-refractivity contribution in [1.29, 1.82) is 0 Å². The van der Waals surface area contributed by atoms with Gasteiger partial charge in [0.1, 0.15) is 11.4 Å². The Morgan fingerprint density at radius 2 is 1.57 bits per heavy atom. The molecule has 220 valence electrons. The Morgan fingerprint density at radius 3 is 2.30 bits per heavy atom. The predicted molar refractivity (Wildman–Crippen MR) is 173 cm³/mol. The minimum absolute atomic E-state index is 0.168. The summed E-state index contributed by atoms with van der Waals surface area (Å²) < 4.78 is 8.06. The van der Waals surface area contributed by atoms with E-state index in [0.29, 0.717) is 29.3 Å². The van der Waals surface area contributed by atoms with Gasteiger partial charge in [-0.05, 0) is 67.6 Å². The summed E-state index contributed by atoms with van der Waals surface area (Å²) in [5, 5.41) is 14.0. The number of carbonyl (C=O) groups is 3. The van der Waals surface area contributed by atoms with Crippen LogP contribution in [0.1, 0.15) is 22.8 Å². The molecule has 3 N–H and O–H groups in total. The molecular formula is C33H27BrN6O4. The van der Waals surface area contributed by atoms with Gasteiger partial charge in [-0.3, -0.25) is 14.4 Å². The van der Waals surface area contributed by atoms with Crippen LogP contribution in [-0.2, 0) is 9.59 Å². The van der Waals surface area contributed by atoms with Gasteiger partial charge in [0, 0.05) is 27.5 Å². The van der Waals surface area contributed by atoms with Crippen molar-refractivity contribution < 1.29 is 19.1 Å². The maximum absolute atomic E-state index is 13.0. The molecule has 0 saturated carbocycles. The molecule has 0 spiro atoms. The molecule has 0 bridgehead atoms. The van der Waals surface area contributed by atoms with Crippen molar-refractivity contribution in [2.75, 3.05) is 17.2 Å². The number of para-hydroxylation sites is 2. The molecule has 44 heavy (non-hydrogen) atoms. The van der Waals surface area contributed by atoms with Gasteiger partial charge in [0.2, 0.25) is 0 Å². The van der Waals surface area contributed by atoms with E-state index in [0.717, 1.165) is 15.7 Å². The van der Waals surface area contributed by atoms with Crippen molar-refractivity contribution in [3.05, 3.63) is 125 Å². The molecule has 1 aromatic heterocycles. The quantitative estimate of drug-likeness (QED) is 0.102. The van der Waals surface area contributed by atoms with Gasteiger partial charge < -0.3 is 15.4 Å². The van der Waals surface area contributed by atoms with Crippen LogP contribution >= 0.6 is 15.9 Å². The zero-order chi connectivity index (χ0) is 30.9. The van der Waals surface area contributed by atoms with E-state index >= 15 is 0 Å². The SMILES string of the molecule is CCOc1ccc(NC(=O)c2ccccc2NC(=O)C(=O)N/N=C\c2cn(-c3ccccc3)nc2-c2ccc(Br)cc2)cc1. The first kappa shape index (κ1) is 29.9.